The average Bonchev–Trinajstić information content (AvgIpc) is 2.61. The number of anilines is 1. The van der Waals surface area contributed by atoms with E-state index in [9.17, 15) is 17.6 Å². The van der Waals surface area contributed by atoms with Gasteiger partial charge < -0.3 is 5.32 Å². The largest absolute Gasteiger partial charge is 0.325 e. The number of hydrogen-bond acceptors (Lipinski definition) is 3. The van der Waals surface area contributed by atoms with Crippen LogP contribution < -0.4 is 10.0 Å². The number of halogens is 1. The van der Waals surface area contributed by atoms with Crippen LogP contribution in [0.25, 0.3) is 0 Å². The van der Waals surface area contributed by atoms with Gasteiger partial charge in [0.25, 0.3) is 0 Å². The van der Waals surface area contributed by atoms with Gasteiger partial charge in [-0.05, 0) is 49.6 Å². The van der Waals surface area contributed by atoms with Crippen molar-refractivity contribution in [1.82, 2.24) is 4.72 Å². The molecule has 7 heteroatoms. The molecule has 0 aliphatic rings. The summed E-state index contributed by atoms with van der Waals surface area (Å²) < 4.78 is 40.4. The molecule has 2 aromatic carbocycles. The molecule has 1 atom stereocenters. The van der Waals surface area contributed by atoms with E-state index in [-0.39, 0.29) is 0 Å². The topological polar surface area (TPSA) is 75.3 Å². The minimum Gasteiger partial charge on any atom is -0.325 e. The molecule has 0 aliphatic carbocycles. The molecule has 0 saturated carbocycles. The highest BCUT2D eigenvalue weighted by Crippen LogP contribution is 2.15. The Morgan fingerprint density at radius 2 is 1.77 bits per heavy atom. The minimum atomic E-state index is -4.13. The third-order valence-corrected chi connectivity index (χ3v) is 5.47. The summed E-state index contributed by atoms with van der Waals surface area (Å²) >= 11 is 0. The maximum absolute atomic E-state index is 13.7. The molecule has 0 spiro atoms. The van der Waals surface area contributed by atoms with Crippen molar-refractivity contribution >= 4 is 21.6 Å². The first-order chi connectivity index (χ1) is 12.3. The molecule has 0 heterocycles. The summed E-state index contributed by atoms with van der Waals surface area (Å²) in [6, 6.07) is 11.4. The first-order valence-corrected chi connectivity index (χ1v) is 9.98. The zero-order valence-corrected chi connectivity index (χ0v) is 15.6. The van der Waals surface area contributed by atoms with E-state index >= 15 is 0 Å². The molecule has 2 aromatic rings. The van der Waals surface area contributed by atoms with Crippen molar-refractivity contribution in [3.05, 3.63) is 59.9 Å². The molecule has 0 bridgehead atoms. The van der Waals surface area contributed by atoms with E-state index < -0.39 is 32.7 Å². The number of rotatable bonds is 8. The van der Waals surface area contributed by atoms with E-state index in [1.807, 2.05) is 12.1 Å². The van der Waals surface area contributed by atoms with Gasteiger partial charge in [0, 0.05) is 5.69 Å². The standard InChI is InChI=1S/C19H23FN2O3S/c1-3-4-7-15-10-12-16(13-11-15)21-19(23)14(2)22-26(24,25)18-9-6-5-8-17(18)20/h5-6,8-14,22H,3-4,7H2,1-2H3,(H,21,23)/t14-/m0/s1. The van der Waals surface area contributed by atoms with E-state index in [1.54, 1.807) is 12.1 Å². The lowest BCUT2D eigenvalue weighted by molar-refractivity contribution is -0.117. The highest BCUT2D eigenvalue weighted by Gasteiger charge is 2.24. The van der Waals surface area contributed by atoms with Gasteiger partial charge >= 0.3 is 0 Å². The molecule has 0 aromatic heterocycles. The molecule has 140 valence electrons. The molecule has 5 nitrogen and oxygen atoms in total. The fourth-order valence-electron chi connectivity index (χ4n) is 2.40. The Bertz CT molecular complexity index is 851. The third kappa shape index (κ3) is 5.37. The maximum atomic E-state index is 13.7. The third-order valence-electron chi connectivity index (χ3n) is 3.89. The van der Waals surface area contributed by atoms with Crippen molar-refractivity contribution in [2.45, 2.75) is 44.0 Å². The second-order valence-electron chi connectivity index (χ2n) is 6.06. The summed E-state index contributed by atoms with van der Waals surface area (Å²) in [4.78, 5) is 11.7. The fourth-order valence-corrected chi connectivity index (χ4v) is 3.68. The Morgan fingerprint density at radius 1 is 1.12 bits per heavy atom. The predicted molar refractivity (Wildman–Crippen MR) is 99.9 cm³/mol. The second-order valence-corrected chi connectivity index (χ2v) is 7.75. The molecule has 1 amide bonds. The Balaban J connectivity index is 2.00. The first-order valence-electron chi connectivity index (χ1n) is 8.50. The van der Waals surface area contributed by atoms with Crippen LogP contribution in [0.15, 0.2) is 53.4 Å². The van der Waals surface area contributed by atoms with Crippen LogP contribution in [0.1, 0.15) is 32.3 Å². The lowest BCUT2D eigenvalue weighted by Gasteiger charge is -2.15. The zero-order valence-electron chi connectivity index (χ0n) is 14.8. The zero-order chi connectivity index (χ0) is 19.2. The first kappa shape index (κ1) is 20.1. The van der Waals surface area contributed by atoms with E-state index in [1.165, 1.54) is 24.6 Å². The number of benzene rings is 2. The van der Waals surface area contributed by atoms with Crippen LogP contribution in [0.3, 0.4) is 0 Å². The Labute approximate surface area is 153 Å². The summed E-state index contributed by atoms with van der Waals surface area (Å²) in [6.45, 7) is 3.53. The maximum Gasteiger partial charge on any atom is 0.244 e. The van der Waals surface area contributed by atoms with Crippen molar-refractivity contribution in [3.8, 4) is 0 Å². The molecule has 2 rings (SSSR count). The lowest BCUT2D eigenvalue weighted by Crippen LogP contribution is -2.41. The Morgan fingerprint density at radius 3 is 2.38 bits per heavy atom. The van der Waals surface area contributed by atoms with E-state index in [2.05, 4.69) is 17.0 Å². The SMILES string of the molecule is CCCCc1ccc(NC(=O)[C@H](C)NS(=O)(=O)c2ccccc2F)cc1. The van der Waals surface area contributed by atoms with E-state index in [4.69, 9.17) is 0 Å². The summed E-state index contributed by atoms with van der Waals surface area (Å²) in [7, 11) is -4.13. The summed E-state index contributed by atoms with van der Waals surface area (Å²) in [6.07, 6.45) is 3.18. The highest BCUT2D eigenvalue weighted by atomic mass is 32.2. The van der Waals surface area contributed by atoms with Gasteiger partial charge in [0.1, 0.15) is 10.7 Å². The van der Waals surface area contributed by atoms with Crippen LogP contribution in [-0.2, 0) is 21.2 Å². The quantitative estimate of drug-likeness (QED) is 0.738. The molecular formula is C19H23FN2O3S. The Kier molecular flexibility index (Phi) is 6.88. The monoisotopic (exact) mass is 378 g/mol. The number of carbonyl (C=O) groups is 1. The van der Waals surface area contributed by atoms with E-state index in [0.717, 1.165) is 31.4 Å². The average molecular weight is 378 g/mol. The van der Waals surface area contributed by atoms with Crippen molar-refractivity contribution < 1.29 is 17.6 Å². The van der Waals surface area contributed by atoms with Gasteiger partial charge in [-0.3, -0.25) is 4.79 Å². The lowest BCUT2D eigenvalue weighted by atomic mass is 10.1. The molecule has 26 heavy (non-hydrogen) atoms. The number of sulfonamides is 1. The normalized spacial score (nSPS) is 12.6. The Hall–Kier alpha value is -2.25. The van der Waals surface area contributed by atoms with Gasteiger partial charge in [-0.2, -0.15) is 4.72 Å². The van der Waals surface area contributed by atoms with Crippen molar-refractivity contribution in [2.24, 2.45) is 0 Å². The van der Waals surface area contributed by atoms with Crippen LogP contribution in [0.4, 0.5) is 10.1 Å². The molecule has 0 saturated heterocycles. The van der Waals surface area contributed by atoms with Gasteiger partial charge in [0.2, 0.25) is 15.9 Å². The van der Waals surface area contributed by atoms with Crippen molar-refractivity contribution in [3.63, 3.8) is 0 Å². The van der Waals surface area contributed by atoms with Gasteiger partial charge in [0.15, 0.2) is 0 Å². The van der Waals surface area contributed by atoms with Crippen LogP contribution in [0, 0.1) is 5.82 Å². The van der Waals surface area contributed by atoms with Crippen molar-refractivity contribution in [1.29, 1.82) is 0 Å². The molecular weight excluding hydrogens is 355 g/mol. The highest BCUT2D eigenvalue weighted by molar-refractivity contribution is 7.89. The molecule has 0 fully saturated rings. The number of hydrogen-bond donors (Lipinski definition) is 2. The van der Waals surface area contributed by atoms with Crippen molar-refractivity contribution in [2.75, 3.05) is 5.32 Å². The summed E-state index contributed by atoms with van der Waals surface area (Å²) in [5.74, 6) is -1.39. The van der Waals surface area contributed by atoms with Crippen LogP contribution in [0.5, 0.6) is 0 Å². The molecule has 0 unspecified atom stereocenters. The second kappa shape index (κ2) is 8.91. The van der Waals surface area contributed by atoms with Gasteiger partial charge in [0.05, 0.1) is 6.04 Å². The minimum absolute atomic E-state index is 0.486. The number of amides is 1. The number of unbranched alkanes of at least 4 members (excludes halogenated alkanes) is 1. The smallest absolute Gasteiger partial charge is 0.244 e. The van der Waals surface area contributed by atoms with Gasteiger partial charge in [-0.15, -0.1) is 0 Å². The van der Waals surface area contributed by atoms with E-state index in [0.29, 0.717) is 5.69 Å². The van der Waals surface area contributed by atoms with Crippen LogP contribution in [0.2, 0.25) is 0 Å². The van der Waals surface area contributed by atoms with Crippen LogP contribution >= 0.6 is 0 Å². The molecule has 0 radical (unpaired) electrons. The number of nitrogens with one attached hydrogen (secondary N) is 2. The van der Waals surface area contributed by atoms with Gasteiger partial charge in [-0.1, -0.05) is 37.6 Å². The number of carbonyl (C=O) groups excluding carboxylic acids is 1. The van der Waals surface area contributed by atoms with Gasteiger partial charge in [-0.25, -0.2) is 12.8 Å². The molecule has 2 N–H and O–H groups in total. The summed E-state index contributed by atoms with van der Waals surface area (Å²) in [5, 5.41) is 2.65. The molecule has 0 aliphatic heterocycles. The van der Waals surface area contributed by atoms with Crippen LogP contribution in [-0.4, -0.2) is 20.4 Å². The predicted octanol–water partition coefficient (Wildman–Crippen LogP) is 3.47. The fraction of sp³-hybridized carbons (Fsp3) is 0.316. The number of aryl methyl sites for hydroxylation is 1. The summed E-state index contributed by atoms with van der Waals surface area (Å²) in [5.41, 5.74) is 1.75.